The first kappa shape index (κ1) is 16.4. The molecule has 0 fully saturated rings. The third kappa shape index (κ3) is 4.19. The molecule has 7 heteroatoms. The van der Waals surface area contributed by atoms with E-state index < -0.39 is 29.3 Å². The smallest absolute Gasteiger partial charge is 0.326 e. The van der Waals surface area contributed by atoms with E-state index in [1.807, 2.05) is 0 Å². The molecule has 5 nitrogen and oxygen atoms in total. The number of nitrogens with one attached hydrogen (secondary N) is 2. The van der Waals surface area contributed by atoms with Crippen molar-refractivity contribution in [1.29, 1.82) is 0 Å². The summed E-state index contributed by atoms with van der Waals surface area (Å²) in [5.41, 5.74) is -0.710. The number of rotatable bonds is 3. The van der Waals surface area contributed by atoms with Gasteiger partial charge in [0, 0.05) is 4.47 Å². The Kier molecular flexibility index (Phi) is 5.10. The number of carboxylic acids is 1. The van der Waals surface area contributed by atoms with Crippen molar-refractivity contribution in [3.05, 3.63) is 28.5 Å². The number of carboxylic acid groups (broad SMARTS) is 1. The molecule has 0 aromatic heterocycles. The van der Waals surface area contributed by atoms with E-state index in [1.54, 1.807) is 26.8 Å². The third-order valence-corrected chi connectivity index (χ3v) is 3.25. The van der Waals surface area contributed by atoms with E-state index in [-0.39, 0.29) is 5.69 Å². The quantitative estimate of drug-likeness (QED) is 0.786. The molecule has 0 saturated heterocycles. The van der Waals surface area contributed by atoms with Crippen LogP contribution in [-0.2, 0) is 4.79 Å². The maximum atomic E-state index is 13.6. The normalized spacial score (nSPS) is 12.7. The van der Waals surface area contributed by atoms with Gasteiger partial charge < -0.3 is 15.7 Å². The lowest BCUT2D eigenvalue weighted by molar-refractivity contribution is -0.141. The molecule has 0 aliphatic heterocycles. The minimum Gasteiger partial charge on any atom is -0.480 e. The van der Waals surface area contributed by atoms with Gasteiger partial charge in [-0.05, 0) is 33.5 Å². The van der Waals surface area contributed by atoms with Crippen molar-refractivity contribution in [2.75, 3.05) is 5.32 Å². The van der Waals surface area contributed by atoms with Crippen LogP contribution >= 0.6 is 15.9 Å². The van der Waals surface area contributed by atoms with Crippen molar-refractivity contribution in [3.63, 3.8) is 0 Å². The summed E-state index contributed by atoms with van der Waals surface area (Å²) in [4.78, 5) is 22.9. The lowest BCUT2D eigenvalue weighted by Gasteiger charge is -2.27. The number of anilines is 1. The Morgan fingerprint density at radius 2 is 1.95 bits per heavy atom. The Morgan fingerprint density at radius 3 is 2.40 bits per heavy atom. The van der Waals surface area contributed by atoms with Crippen LogP contribution < -0.4 is 10.6 Å². The summed E-state index contributed by atoms with van der Waals surface area (Å²) in [7, 11) is 0. The Bertz CT molecular complexity index is 509. The number of amides is 2. The number of hydrogen-bond donors (Lipinski definition) is 3. The SMILES string of the molecule is CC(C)(C)[C@@H](NC(=O)Nc1c(F)cccc1Br)C(=O)O. The summed E-state index contributed by atoms with van der Waals surface area (Å²) >= 11 is 3.11. The van der Waals surface area contributed by atoms with Crippen molar-refractivity contribution < 1.29 is 19.1 Å². The molecule has 1 aromatic rings. The van der Waals surface area contributed by atoms with Gasteiger partial charge in [0.15, 0.2) is 0 Å². The van der Waals surface area contributed by atoms with E-state index >= 15 is 0 Å². The van der Waals surface area contributed by atoms with Gasteiger partial charge in [-0.1, -0.05) is 26.8 Å². The van der Waals surface area contributed by atoms with E-state index in [9.17, 15) is 14.0 Å². The van der Waals surface area contributed by atoms with E-state index in [0.29, 0.717) is 4.47 Å². The maximum absolute atomic E-state index is 13.6. The summed E-state index contributed by atoms with van der Waals surface area (Å²) < 4.78 is 13.9. The highest BCUT2D eigenvalue weighted by Crippen LogP contribution is 2.25. The van der Waals surface area contributed by atoms with Gasteiger partial charge in [0.1, 0.15) is 11.9 Å². The largest absolute Gasteiger partial charge is 0.480 e. The first-order chi connectivity index (χ1) is 9.12. The topological polar surface area (TPSA) is 78.4 Å². The molecule has 0 aliphatic rings. The molecule has 0 heterocycles. The average molecular weight is 347 g/mol. The molecule has 0 bridgehead atoms. The van der Waals surface area contributed by atoms with Crippen LogP contribution in [0.2, 0.25) is 0 Å². The summed E-state index contributed by atoms with van der Waals surface area (Å²) in [5.74, 6) is -1.77. The van der Waals surface area contributed by atoms with Crippen LogP contribution in [0.3, 0.4) is 0 Å². The zero-order valence-corrected chi connectivity index (χ0v) is 12.9. The minimum absolute atomic E-state index is 0.0388. The van der Waals surface area contributed by atoms with E-state index in [2.05, 4.69) is 26.6 Å². The number of aliphatic carboxylic acids is 1. The van der Waals surface area contributed by atoms with Crippen molar-refractivity contribution in [2.45, 2.75) is 26.8 Å². The van der Waals surface area contributed by atoms with E-state index in [0.717, 1.165) is 0 Å². The van der Waals surface area contributed by atoms with Crippen LogP contribution in [0.5, 0.6) is 0 Å². The highest BCUT2D eigenvalue weighted by Gasteiger charge is 2.32. The molecule has 0 aliphatic carbocycles. The average Bonchev–Trinajstić information content (AvgIpc) is 2.29. The maximum Gasteiger partial charge on any atom is 0.326 e. The predicted molar refractivity (Wildman–Crippen MR) is 77.1 cm³/mol. The molecule has 1 atom stereocenters. The number of urea groups is 1. The molecule has 1 aromatic carbocycles. The fourth-order valence-corrected chi connectivity index (χ4v) is 1.99. The van der Waals surface area contributed by atoms with Crippen LogP contribution in [-0.4, -0.2) is 23.1 Å². The Morgan fingerprint density at radius 1 is 1.35 bits per heavy atom. The van der Waals surface area contributed by atoms with Crippen molar-refractivity contribution in [3.8, 4) is 0 Å². The number of carbonyl (C=O) groups is 2. The number of halogens is 2. The summed E-state index contributed by atoms with van der Waals surface area (Å²) in [5, 5.41) is 13.7. The molecular formula is C13H16BrFN2O3. The lowest BCUT2D eigenvalue weighted by atomic mass is 9.87. The Labute approximate surface area is 124 Å². The molecule has 110 valence electrons. The Hall–Kier alpha value is -1.63. The van der Waals surface area contributed by atoms with E-state index in [4.69, 9.17) is 5.11 Å². The van der Waals surface area contributed by atoms with Gasteiger partial charge in [-0.25, -0.2) is 14.0 Å². The second kappa shape index (κ2) is 6.21. The van der Waals surface area contributed by atoms with Crippen molar-refractivity contribution in [2.24, 2.45) is 5.41 Å². The zero-order chi connectivity index (χ0) is 15.5. The second-order valence-corrected chi connectivity index (χ2v) is 6.19. The van der Waals surface area contributed by atoms with Gasteiger partial charge >= 0.3 is 12.0 Å². The van der Waals surface area contributed by atoms with Crippen LogP contribution in [0.1, 0.15) is 20.8 Å². The van der Waals surface area contributed by atoms with Gasteiger partial charge in [0.2, 0.25) is 0 Å². The highest BCUT2D eigenvalue weighted by atomic mass is 79.9. The molecule has 0 saturated carbocycles. The summed E-state index contributed by atoms with van der Waals surface area (Å²) in [6.07, 6.45) is 0. The molecule has 0 spiro atoms. The summed E-state index contributed by atoms with van der Waals surface area (Å²) in [6.45, 7) is 5.06. The van der Waals surface area contributed by atoms with Crippen molar-refractivity contribution >= 4 is 33.6 Å². The van der Waals surface area contributed by atoms with Gasteiger partial charge in [-0.15, -0.1) is 0 Å². The number of hydrogen-bond acceptors (Lipinski definition) is 2. The molecule has 1 rings (SSSR count). The van der Waals surface area contributed by atoms with E-state index in [1.165, 1.54) is 12.1 Å². The lowest BCUT2D eigenvalue weighted by Crippen LogP contribution is -2.50. The van der Waals surface area contributed by atoms with Gasteiger partial charge in [0.25, 0.3) is 0 Å². The van der Waals surface area contributed by atoms with Gasteiger partial charge in [0.05, 0.1) is 5.69 Å². The van der Waals surface area contributed by atoms with Gasteiger partial charge in [-0.2, -0.15) is 0 Å². The number of benzene rings is 1. The number of para-hydroxylation sites is 1. The van der Waals surface area contributed by atoms with Crippen LogP contribution in [0.4, 0.5) is 14.9 Å². The Balaban J connectivity index is 2.84. The van der Waals surface area contributed by atoms with Gasteiger partial charge in [-0.3, -0.25) is 0 Å². The molecular weight excluding hydrogens is 331 g/mol. The standard InChI is InChI=1S/C13H16BrFN2O3/c1-13(2,3)10(11(18)19)17-12(20)16-9-7(14)5-4-6-8(9)15/h4-6,10H,1-3H3,(H,18,19)(H2,16,17,20)/t10-/m0/s1. The van der Waals surface area contributed by atoms with Crippen LogP contribution in [0.25, 0.3) is 0 Å². The summed E-state index contributed by atoms with van der Waals surface area (Å²) in [6, 6.07) is 2.37. The fraction of sp³-hybridized carbons (Fsp3) is 0.385. The molecule has 3 N–H and O–H groups in total. The molecule has 20 heavy (non-hydrogen) atoms. The third-order valence-electron chi connectivity index (χ3n) is 2.59. The predicted octanol–water partition coefficient (Wildman–Crippen LogP) is 3.21. The molecule has 2 amide bonds. The minimum atomic E-state index is -1.15. The monoisotopic (exact) mass is 346 g/mol. The van der Waals surface area contributed by atoms with Crippen LogP contribution in [0, 0.1) is 11.2 Å². The van der Waals surface area contributed by atoms with Crippen LogP contribution in [0.15, 0.2) is 22.7 Å². The number of carbonyl (C=O) groups excluding carboxylic acids is 1. The van der Waals surface area contributed by atoms with Crippen molar-refractivity contribution in [1.82, 2.24) is 5.32 Å². The molecule has 0 unspecified atom stereocenters. The highest BCUT2D eigenvalue weighted by molar-refractivity contribution is 9.10. The first-order valence-corrected chi connectivity index (χ1v) is 6.66. The molecule has 0 radical (unpaired) electrons. The fourth-order valence-electron chi connectivity index (χ4n) is 1.55. The second-order valence-electron chi connectivity index (χ2n) is 5.33. The first-order valence-electron chi connectivity index (χ1n) is 5.87. The zero-order valence-electron chi connectivity index (χ0n) is 11.3.